The van der Waals surface area contributed by atoms with E-state index in [1.807, 2.05) is 0 Å². The predicted molar refractivity (Wildman–Crippen MR) is 114 cm³/mol. The fraction of sp³-hybridized carbons (Fsp3) is 0.318. The van der Waals surface area contributed by atoms with E-state index in [9.17, 15) is 55.2 Å². The van der Waals surface area contributed by atoms with E-state index in [4.69, 9.17) is 10.5 Å². The van der Waals surface area contributed by atoms with Crippen LogP contribution in [-0.2, 0) is 4.74 Å². The van der Waals surface area contributed by atoms with Crippen molar-refractivity contribution in [1.82, 2.24) is 0 Å². The van der Waals surface area contributed by atoms with Gasteiger partial charge in [-0.3, -0.25) is 9.59 Å². The average Bonchev–Trinajstić information content (AvgIpc) is 2.79. The van der Waals surface area contributed by atoms with Crippen LogP contribution in [0.4, 0.5) is 5.69 Å². The van der Waals surface area contributed by atoms with Crippen molar-refractivity contribution in [3.05, 3.63) is 45.0 Å². The van der Waals surface area contributed by atoms with Crippen LogP contribution in [-0.4, -0.2) is 89.4 Å². The number of ketones is 2. The lowest BCUT2D eigenvalue weighted by atomic mass is 9.77. The number of carboxylic acid groups (broad SMARTS) is 1. The number of rotatable bonds is 3. The number of anilines is 1. The summed E-state index contributed by atoms with van der Waals surface area (Å²) in [7, 11) is 0. The number of carbonyl (C=O) groups excluding carboxylic acids is 2. The zero-order chi connectivity index (χ0) is 26.1. The number of benzene rings is 2. The van der Waals surface area contributed by atoms with E-state index in [-0.39, 0.29) is 5.56 Å². The van der Waals surface area contributed by atoms with Crippen molar-refractivity contribution in [1.29, 1.82) is 0 Å². The summed E-state index contributed by atoms with van der Waals surface area (Å²) in [6, 6.07) is 0.772. The Bertz CT molecular complexity index is 1300. The number of nitrogen functional groups attached to an aromatic ring is 1. The number of carboxylic acids is 1. The van der Waals surface area contributed by atoms with Gasteiger partial charge in [-0.15, -0.1) is 0 Å². The largest absolute Gasteiger partial charge is 0.507 e. The molecular weight excluding hydrogens is 470 g/mol. The molecule has 5 atom stereocenters. The van der Waals surface area contributed by atoms with Crippen molar-refractivity contribution in [3.8, 4) is 17.2 Å². The molecule has 13 heteroatoms. The van der Waals surface area contributed by atoms with Crippen LogP contribution in [0.2, 0.25) is 0 Å². The summed E-state index contributed by atoms with van der Waals surface area (Å²) in [4.78, 5) is 38.2. The maximum atomic E-state index is 13.4. The molecule has 1 heterocycles. The zero-order valence-corrected chi connectivity index (χ0v) is 18.0. The zero-order valence-electron chi connectivity index (χ0n) is 18.0. The van der Waals surface area contributed by atoms with Crippen LogP contribution in [0.3, 0.4) is 0 Å². The summed E-state index contributed by atoms with van der Waals surface area (Å²) in [5, 5.41) is 81.2. The fourth-order valence-corrected chi connectivity index (χ4v) is 4.63. The minimum Gasteiger partial charge on any atom is -0.507 e. The van der Waals surface area contributed by atoms with Gasteiger partial charge < -0.3 is 51.3 Å². The Morgan fingerprint density at radius 3 is 2.17 bits per heavy atom. The highest BCUT2D eigenvalue weighted by molar-refractivity contribution is 6.32. The quantitative estimate of drug-likeness (QED) is 0.117. The van der Waals surface area contributed by atoms with Crippen LogP contribution in [0.15, 0.2) is 6.07 Å². The highest BCUT2D eigenvalue weighted by Crippen LogP contribution is 2.50. The molecule has 1 aliphatic carbocycles. The molecule has 1 aliphatic heterocycles. The van der Waals surface area contributed by atoms with Crippen LogP contribution in [0.5, 0.6) is 17.2 Å². The molecule has 186 valence electrons. The van der Waals surface area contributed by atoms with Crippen LogP contribution >= 0.6 is 0 Å². The fourth-order valence-electron chi connectivity index (χ4n) is 4.63. The third-order valence-electron chi connectivity index (χ3n) is 6.39. The Hall–Kier alpha value is -3.75. The lowest BCUT2D eigenvalue weighted by Gasteiger charge is -2.40. The minimum atomic E-state index is -1.97. The third kappa shape index (κ3) is 3.25. The molecule has 0 aromatic heterocycles. The molecule has 35 heavy (non-hydrogen) atoms. The van der Waals surface area contributed by atoms with Gasteiger partial charge >= 0.3 is 5.97 Å². The average molecular weight is 491 g/mol. The summed E-state index contributed by atoms with van der Waals surface area (Å²) >= 11 is 0. The summed E-state index contributed by atoms with van der Waals surface area (Å²) < 4.78 is 5.35. The molecule has 0 unspecified atom stereocenters. The molecule has 2 aliphatic rings. The number of fused-ring (bicyclic) bond motifs is 2. The standard InChI is InChI=1S/C22H21NO12/c1-4-8-5(2-6(25)9(4)22(33)34)14(26)10-11(16(8)28)17(29)12(18(30)13(10)23)21-20(32)19(31)15(27)7(3-24)35-21/h2,7,15,19-21,24-25,27,29-32H,3,23H2,1H3,(H,33,34)/t7-,15-,19+,20-,21+/m1/s1. The first-order valence-corrected chi connectivity index (χ1v) is 10.2. The van der Waals surface area contributed by atoms with Crippen molar-refractivity contribution in [2.75, 3.05) is 12.3 Å². The number of aliphatic hydroxyl groups excluding tert-OH is 4. The summed E-state index contributed by atoms with van der Waals surface area (Å²) in [6.45, 7) is 0.354. The van der Waals surface area contributed by atoms with Crippen molar-refractivity contribution in [2.45, 2.75) is 37.4 Å². The molecule has 0 radical (unpaired) electrons. The Morgan fingerprint density at radius 1 is 0.971 bits per heavy atom. The Kier molecular flexibility index (Phi) is 5.70. The molecule has 10 N–H and O–H groups in total. The maximum absolute atomic E-state index is 13.4. The van der Waals surface area contributed by atoms with Gasteiger partial charge in [-0.1, -0.05) is 0 Å². The molecule has 13 nitrogen and oxygen atoms in total. The SMILES string of the molecule is Cc1c(C(=O)O)c(O)cc2c1C(=O)c1c(O)c([C@@H]3O[C@H](CO)[C@@H](O)[C@H](O)[C@H]3O)c(O)c(N)c1C2=O. The highest BCUT2D eigenvalue weighted by atomic mass is 16.5. The maximum Gasteiger partial charge on any atom is 0.339 e. The number of aliphatic hydroxyl groups is 4. The van der Waals surface area contributed by atoms with E-state index < -0.39 is 111 Å². The van der Waals surface area contributed by atoms with Crippen molar-refractivity contribution in [3.63, 3.8) is 0 Å². The van der Waals surface area contributed by atoms with Crippen molar-refractivity contribution in [2.24, 2.45) is 0 Å². The van der Waals surface area contributed by atoms with Crippen LogP contribution in [0.25, 0.3) is 0 Å². The molecule has 2 aromatic rings. The Balaban J connectivity index is 1.99. The number of phenolic OH excluding ortho intramolecular Hbond substituents is 2. The van der Waals surface area contributed by atoms with E-state index in [0.29, 0.717) is 0 Å². The van der Waals surface area contributed by atoms with E-state index in [2.05, 4.69) is 0 Å². The first-order chi connectivity index (χ1) is 16.3. The molecule has 2 aromatic carbocycles. The molecule has 1 fully saturated rings. The Labute approximate surface area is 195 Å². The van der Waals surface area contributed by atoms with Gasteiger partial charge in [0.25, 0.3) is 0 Å². The number of aromatic carboxylic acids is 1. The number of phenols is 3. The van der Waals surface area contributed by atoms with Gasteiger partial charge in [0.05, 0.1) is 29.0 Å². The minimum absolute atomic E-state index is 0.267. The van der Waals surface area contributed by atoms with E-state index in [1.165, 1.54) is 6.92 Å². The van der Waals surface area contributed by atoms with Gasteiger partial charge in [0.15, 0.2) is 11.6 Å². The van der Waals surface area contributed by atoms with Gasteiger partial charge in [-0.25, -0.2) is 4.79 Å². The monoisotopic (exact) mass is 491 g/mol. The molecule has 4 rings (SSSR count). The second-order valence-electron chi connectivity index (χ2n) is 8.31. The molecular formula is C22H21NO12. The number of nitrogens with two attached hydrogens (primary N) is 1. The number of hydrogen-bond donors (Lipinski definition) is 9. The molecule has 0 amide bonds. The molecule has 1 saturated heterocycles. The van der Waals surface area contributed by atoms with Gasteiger partial charge in [-0.05, 0) is 18.6 Å². The normalized spacial score (nSPS) is 25.8. The lowest BCUT2D eigenvalue weighted by molar-refractivity contribution is -0.232. The summed E-state index contributed by atoms with van der Waals surface area (Å²) in [5.74, 6) is -6.46. The van der Waals surface area contributed by atoms with E-state index in [0.717, 1.165) is 6.07 Å². The highest BCUT2D eigenvalue weighted by Gasteiger charge is 2.48. The summed E-state index contributed by atoms with van der Waals surface area (Å²) in [6.07, 6.45) is -8.87. The number of hydrogen-bond acceptors (Lipinski definition) is 12. The van der Waals surface area contributed by atoms with Gasteiger partial charge in [0.1, 0.15) is 53.3 Å². The second kappa shape index (κ2) is 8.18. The molecule has 0 saturated carbocycles. The first-order valence-electron chi connectivity index (χ1n) is 10.2. The second-order valence-corrected chi connectivity index (χ2v) is 8.31. The van der Waals surface area contributed by atoms with E-state index in [1.54, 1.807) is 0 Å². The van der Waals surface area contributed by atoms with Crippen molar-refractivity contribution >= 4 is 23.2 Å². The molecule has 0 bridgehead atoms. The third-order valence-corrected chi connectivity index (χ3v) is 6.39. The first kappa shape index (κ1) is 24.4. The van der Waals surface area contributed by atoms with Gasteiger partial charge in [0, 0.05) is 11.1 Å². The van der Waals surface area contributed by atoms with Crippen molar-refractivity contribution < 1.29 is 60.0 Å². The smallest absolute Gasteiger partial charge is 0.339 e. The Morgan fingerprint density at radius 2 is 1.60 bits per heavy atom. The number of ether oxygens (including phenoxy) is 1. The van der Waals surface area contributed by atoms with Crippen LogP contribution in [0, 0.1) is 6.92 Å². The van der Waals surface area contributed by atoms with E-state index >= 15 is 0 Å². The van der Waals surface area contributed by atoms with Crippen LogP contribution in [0.1, 0.15) is 59.4 Å². The number of aromatic hydroxyl groups is 3. The van der Waals surface area contributed by atoms with Gasteiger partial charge in [0.2, 0.25) is 0 Å². The van der Waals surface area contributed by atoms with Crippen LogP contribution < -0.4 is 5.73 Å². The van der Waals surface area contributed by atoms with Gasteiger partial charge in [-0.2, -0.15) is 0 Å². The topological polar surface area (TPSA) is 248 Å². The predicted octanol–water partition coefficient (Wildman–Crippen LogP) is -1.32. The molecule has 0 spiro atoms. The number of carbonyl (C=O) groups is 3. The summed E-state index contributed by atoms with van der Waals surface area (Å²) in [5.41, 5.74) is 1.42. The lowest BCUT2D eigenvalue weighted by Crippen LogP contribution is -2.55.